The summed E-state index contributed by atoms with van der Waals surface area (Å²) in [5.41, 5.74) is 2.15. The van der Waals surface area contributed by atoms with E-state index >= 15 is 0 Å². The van der Waals surface area contributed by atoms with Crippen LogP contribution in [-0.4, -0.2) is 31.1 Å². The lowest BCUT2D eigenvalue weighted by Gasteiger charge is -2.16. The lowest BCUT2D eigenvalue weighted by molar-refractivity contribution is 0.0825. The summed E-state index contributed by atoms with van der Waals surface area (Å²) in [4.78, 5) is 17.4. The Morgan fingerprint density at radius 2 is 2.07 bits per heavy atom. The van der Waals surface area contributed by atoms with Crippen LogP contribution in [0, 0.1) is 12.8 Å². The highest BCUT2D eigenvalue weighted by molar-refractivity contribution is 5.27. The van der Waals surface area contributed by atoms with Gasteiger partial charge in [-0.05, 0) is 44.2 Å². The molecule has 0 radical (unpaired) electrons. The fourth-order valence-corrected chi connectivity index (χ4v) is 3.78. The fourth-order valence-electron chi connectivity index (χ4n) is 3.78. The van der Waals surface area contributed by atoms with E-state index in [2.05, 4.69) is 41.2 Å². The quantitative estimate of drug-likeness (QED) is 0.635. The minimum atomic E-state index is -0.184. The van der Waals surface area contributed by atoms with Crippen molar-refractivity contribution in [3.63, 3.8) is 0 Å². The summed E-state index contributed by atoms with van der Waals surface area (Å²) in [5, 5.41) is 8.65. The Kier molecular flexibility index (Phi) is 5.36. The third kappa shape index (κ3) is 3.89. The summed E-state index contributed by atoms with van der Waals surface area (Å²) in [6, 6.07) is 8.10. The molecule has 0 aliphatic carbocycles. The van der Waals surface area contributed by atoms with Gasteiger partial charge >= 0.3 is 5.69 Å². The predicted molar refractivity (Wildman–Crippen MR) is 107 cm³/mol. The smallest absolute Gasteiger partial charge is 0.346 e. The van der Waals surface area contributed by atoms with Gasteiger partial charge in [0.2, 0.25) is 5.89 Å². The van der Waals surface area contributed by atoms with Crippen LogP contribution in [-0.2, 0) is 17.7 Å². The normalized spacial score (nSPS) is 19.3. The van der Waals surface area contributed by atoms with Gasteiger partial charge in [0, 0.05) is 19.1 Å². The number of rotatable bonds is 6. The third-order valence-corrected chi connectivity index (χ3v) is 5.46. The van der Waals surface area contributed by atoms with E-state index in [-0.39, 0.29) is 24.4 Å². The van der Waals surface area contributed by atoms with Crippen LogP contribution in [0.3, 0.4) is 0 Å². The Morgan fingerprint density at radius 1 is 1.28 bits per heavy atom. The second kappa shape index (κ2) is 7.94. The Bertz CT molecular complexity index is 1050. The van der Waals surface area contributed by atoms with Crippen LogP contribution < -0.4 is 5.69 Å². The highest BCUT2D eigenvalue weighted by Gasteiger charge is 2.32. The molecule has 4 rings (SSSR count). The van der Waals surface area contributed by atoms with Gasteiger partial charge in [-0.25, -0.2) is 9.48 Å². The zero-order chi connectivity index (χ0) is 20.5. The van der Waals surface area contributed by atoms with Gasteiger partial charge in [0.1, 0.15) is 12.6 Å². The molecule has 29 heavy (non-hydrogen) atoms. The van der Waals surface area contributed by atoms with E-state index in [0.29, 0.717) is 36.5 Å². The van der Waals surface area contributed by atoms with Crippen molar-refractivity contribution in [3.05, 3.63) is 63.4 Å². The molecule has 2 atom stereocenters. The maximum Gasteiger partial charge on any atom is 0.346 e. The molecular weight excluding hydrogens is 370 g/mol. The molecule has 3 aromatic rings. The van der Waals surface area contributed by atoms with Crippen molar-refractivity contribution in [1.29, 1.82) is 0 Å². The SMILES string of the molecule is Cc1ccccc1Cc1noc(Cn2nc([C@H]3OCC[C@H]3C)n(C(C)C)c2=O)n1. The van der Waals surface area contributed by atoms with Gasteiger partial charge in [-0.2, -0.15) is 10.1 Å². The molecule has 3 heterocycles. The van der Waals surface area contributed by atoms with Crippen LogP contribution in [0.1, 0.15) is 68.0 Å². The first-order valence-electron chi connectivity index (χ1n) is 10.1. The third-order valence-electron chi connectivity index (χ3n) is 5.46. The number of aryl methyl sites for hydroxylation is 1. The largest absolute Gasteiger partial charge is 0.370 e. The number of benzene rings is 1. The van der Waals surface area contributed by atoms with Crippen molar-refractivity contribution in [2.45, 2.75) is 59.2 Å². The molecule has 0 unspecified atom stereocenters. The van der Waals surface area contributed by atoms with Gasteiger partial charge in [-0.3, -0.25) is 4.57 Å². The monoisotopic (exact) mass is 397 g/mol. The van der Waals surface area contributed by atoms with Crippen molar-refractivity contribution >= 4 is 0 Å². The van der Waals surface area contributed by atoms with E-state index in [9.17, 15) is 4.79 Å². The molecule has 154 valence electrons. The Morgan fingerprint density at radius 3 is 2.76 bits per heavy atom. The van der Waals surface area contributed by atoms with E-state index in [1.165, 1.54) is 10.2 Å². The molecule has 0 spiro atoms. The van der Waals surface area contributed by atoms with Crippen molar-refractivity contribution in [2.24, 2.45) is 5.92 Å². The van der Waals surface area contributed by atoms with Crippen molar-refractivity contribution < 1.29 is 9.26 Å². The molecule has 0 bridgehead atoms. The van der Waals surface area contributed by atoms with Gasteiger partial charge in [0.15, 0.2) is 11.6 Å². The Labute approximate surface area is 169 Å². The van der Waals surface area contributed by atoms with Crippen molar-refractivity contribution in [2.75, 3.05) is 6.61 Å². The van der Waals surface area contributed by atoms with E-state index < -0.39 is 0 Å². The van der Waals surface area contributed by atoms with Crippen molar-refractivity contribution in [3.8, 4) is 0 Å². The number of ether oxygens (including phenoxy) is 1. The maximum absolute atomic E-state index is 13.0. The summed E-state index contributed by atoms with van der Waals surface area (Å²) in [6.45, 7) is 8.97. The van der Waals surface area contributed by atoms with E-state index in [1.54, 1.807) is 4.57 Å². The molecule has 0 N–H and O–H groups in total. The minimum absolute atomic E-state index is 0.0121. The van der Waals surface area contributed by atoms with Gasteiger partial charge in [0.25, 0.3) is 0 Å². The van der Waals surface area contributed by atoms with Crippen LogP contribution in [0.25, 0.3) is 0 Å². The maximum atomic E-state index is 13.0. The molecule has 1 fully saturated rings. The van der Waals surface area contributed by atoms with Gasteiger partial charge < -0.3 is 9.26 Å². The molecule has 1 saturated heterocycles. The Hall–Kier alpha value is -2.74. The lowest BCUT2D eigenvalue weighted by Crippen LogP contribution is -2.28. The second-order valence-electron chi connectivity index (χ2n) is 8.03. The molecule has 0 saturated carbocycles. The second-order valence-corrected chi connectivity index (χ2v) is 8.03. The fraction of sp³-hybridized carbons (Fsp3) is 0.524. The van der Waals surface area contributed by atoms with Crippen LogP contribution in [0.5, 0.6) is 0 Å². The van der Waals surface area contributed by atoms with Gasteiger partial charge in [0.05, 0.1) is 0 Å². The average molecular weight is 397 g/mol. The first-order valence-corrected chi connectivity index (χ1v) is 10.1. The molecule has 8 nitrogen and oxygen atoms in total. The minimum Gasteiger partial charge on any atom is -0.370 e. The van der Waals surface area contributed by atoms with Crippen LogP contribution in [0.15, 0.2) is 33.6 Å². The van der Waals surface area contributed by atoms with Crippen LogP contribution in [0.2, 0.25) is 0 Å². The van der Waals surface area contributed by atoms with Crippen LogP contribution >= 0.6 is 0 Å². The molecule has 1 aromatic carbocycles. The molecular formula is C21H27N5O3. The first kappa shape index (κ1) is 19.6. The summed E-state index contributed by atoms with van der Waals surface area (Å²) in [5.74, 6) is 1.97. The van der Waals surface area contributed by atoms with Crippen molar-refractivity contribution in [1.82, 2.24) is 24.5 Å². The highest BCUT2D eigenvalue weighted by atomic mass is 16.5. The standard InChI is InChI=1S/C21H27N5O3/c1-13(2)26-20(19-15(4)9-10-28-19)23-25(21(26)27)12-18-22-17(24-29-18)11-16-8-6-5-7-14(16)3/h5-8,13,15,19H,9-12H2,1-4H3/t15-,19+/m1/s1. The Balaban J connectivity index is 1.58. The average Bonchev–Trinajstić information content (AvgIpc) is 3.37. The topological polar surface area (TPSA) is 88.0 Å². The van der Waals surface area contributed by atoms with E-state index in [1.807, 2.05) is 26.0 Å². The summed E-state index contributed by atoms with van der Waals surface area (Å²) in [7, 11) is 0. The lowest BCUT2D eigenvalue weighted by atomic mass is 10.0. The van der Waals surface area contributed by atoms with Crippen LogP contribution in [0.4, 0.5) is 0 Å². The zero-order valence-electron chi connectivity index (χ0n) is 17.3. The van der Waals surface area contributed by atoms with E-state index in [0.717, 1.165) is 12.0 Å². The summed E-state index contributed by atoms with van der Waals surface area (Å²) < 4.78 is 14.3. The number of hydrogen-bond donors (Lipinski definition) is 0. The number of nitrogens with zero attached hydrogens (tertiary/aromatic N) is 5. The first-order chi connectivity index (χ1) is 13.9. The predicted octanol–water partition coefficient (Wildman–Crippen LogP) is 3.05. The molecule has 1 aliphatic rings. The molecule has 2 aromatic heterocycles. The zero-order valence-corrected chi connectivity index (χ0v) is 17.3. The highest BCUT2D eigenvalue weighted by Crippen LogP contribution is 2.33. The molecule has 0 amide bonds. The molecule has 8 heteroatoms. The number of aromatic nitrogens is 5. The number of hydrogen-bond acceptors (Lipinski definition) is 6. The van der Waals surface area contributed by atoms with E-state index in [4.69, 9.17) is 9.26 Å². The summed E-state index contributed by atoms with van der Waals surface area (Å²) >= 11 is 0. The molecule has 1 aliphatic heterocycles. The summed E-state index contributed by atoms with van der Waals surface area (Å²) in [6.07, 6.45) is 1.39. The van der Waals surface area contributed by atoms with Gasteiger partial charge in [-0.15, -0.1) is 0 Å². The van der Waals surface area contributed by atoms with Gasteiger partial charge in [-0.1, -0.05) is 36.3 Å².